The highest BCUT2D eigenvalue weighted by Crippen LogP contribution is 2.25. The van der Waals surface area contributed by atoms with Gasteiger partial charge in [0.1, 0.15) is 17.5 Å². The number of carbonyl (C=O) groups is 1. The molecule has 2 N–H and O–H groups in total. The molecule has 0 aliphatic rings. The second kappa shape index (κ2) is 11.8. The smallest absolute Gasteiger partial charge is 0.251 e. The van der Waals surface area contributed by atoms with Crippen molar-refractivity contribution in [1.29, 1.82) is 5.26 Å². The van der Waals surface area contributed by atoms with E-state index in [0.29, 0.717) is 29.7 Å². The fourth-order valence-electron chi connectivity index (χ4n) is 4.35. The fraction of sp³-hybridized carbons (Fsp3) is 0.258. The van der Waals surface area contributed by atoms with Crippen molar-refractivity contribution in [2.75, 3.05) is 6.61 Å². The number of nitrogens with zero attached hydrogens (tertiary/aromatic N) is 3. The molecule has 1 amide bonds. The minimum Gasteiger partial charge on any atom is -0.490 e. The number of imidazole rings is 1. The largest absolute Gasteiger partial charge is 0.490 e. The van der Waals surface area contributed by atoms with E-state index >= 15 is 0 Å². The van der Waals surface area contributed by atoms with E-state index in [-0.39, 0.29) is 24.7 Å². The van der Waals surface area contributed by atoms with Gasteiger partial charge in [-0.05, 0) is 75.1 Å². The molecule has 0 fully saturated rings. The molecule has 4 rings (SSSR count). The van der Waals surface area contributed by atoms with E-state index in [0.717, 1.165) is 33.6 Å². The van der Waals surface area contributed by atoms with Gasteiger partial charge < -0.3 is 19.6 Å². The van der Waals surface area contributed by atoms with Gasteiger partial charge in [-0.25, -0.2) is 4.98 Å². The van der Waals surface area contributed by atoms with Crippen molar-refractivity contribution in [3.63, 3.8) is 0 Å². The summed E-state index contributed by atoms with van der Waals surface area (Å²) < 4.78 is 7.65. The second-order valence-electron chi connectivity index (χ2n) is 9.63. The number of carbonyl (C=O) groups excluding carboxylic acids is 1. The average Bonchev–Trinajstić information content (AvgIpc) is 3.33. The van der Waals surface area contributed by atoms with Crippen LogP contribution in [0.3, 0.4) is 0 Å². The summed E-state index contributed by atoms with van der Waals surface area (Å²) in [4.78, 5) is 17.8. The number of nitrogens with one attached hydrogen (secondary N) is 1. The van der Waals surface area contributed by atoms with E-state index < -0.39 is 0 Å². The lowest BCUT2D eigenvalue weighted by Crippen LogP contribution is -2.37. The summed E-state index contributed by atoms with van der Waals surface area (Å²) in [5, 5.41) is 22.1. The Bertz CT molecular complexity index is 1500. The molecule has 38 heavy (non-hydrogen) atoms. The number of aliphatic hydroxyl groups excluding tert-OH is 1. The molecule has 7 nitrogen and oxygen atoms in total. The molecule has 0 aliphatic heterocycles. The van der Waals surface area contributed by atoms with Crippen molar-refractivity contribution >= 4 is 17.1 Å². The number of amides is 1. The van der Waals surface area contributed by atoms with Crippen LogP contribution in [-0.4, -0.2) is 39.2 Å². The van der Waals surface area contributed by atoms with Gasteiger partial charge >= 0.3 is 0 Å². The third kappa shape index (κ3) is 6.10. The molecule has 4 aromatic rings. The van der Waals surface area contributed by atoms with Gasteiger partial charge in [0.25, 0.3) is 5.91 Å². The lowest BCUT2D eigenvalue weighted by atomic mass is 10.0. The summed E-state index contributed by atoms with van der Waals surface area (Å²) in [6.07, 6.45) is 4.85. The Morgan fingerprint density at radius 1 is 1.21 bits per heavy atom. The summed E-state index contributed by atoms with van der Waals surface area (Å²) in [5.41, 5.74) is 6.40. The number of pyridine rings is 1. The molecule has 0 saturated carbocycles. The molecule has 194 valence electrons. The first kappa shape index (κ1) is 26.6. The van der Waals surface area contributed by atoms with Crippen LogP contribution in [0.25, 0.3) is 22.5 Å². The molecular weight excluding hydrogens is 476 g/mol. The van der Waals surface area contributed by atoms with Crippen LogP contribution >= 0.6 is 0 Å². The van der Waals surface area contributed by atoms with Crippen LogP contribution in [0.1, 0.15) is 54.2 Å². The van der Waals surface area contributed by atoms with Gasteiger partial charge in [0.05, 0.1) is 17.4 Å². The number of nitriles is 1. The Morgan fingerprint density at radius 3 is 2.63 bits per heavy atom. The first-order valence-corrected chi connectivity index (χ1v) is 12.6. The Morgan fingerprint density at radius 2 is 1.97 bits per heavy atom. The van der Waals surface area contributed by atoms with Gasteiger partial charge in [-0.15, -0.1) is 0 Å². The number of aliphatic hydroxyl groups is 1. The normalized spacial score (nSPS) is 11.8. The maximum atomic E-state index is 13.0. The molecule has 2 aromatic carbocycles. The van der Waals surface area contributed by atoms with Crippen molar-refractivity contribution in [1.82, 2.24) is 14.7 Å². The van der Waals surface area contributed by atoms with Crippen LogP contribution in [0.5, 0.6) is 5.75 Å². The van der Waals surface area contributed by atoms with Gasteiger partial charge in [0, 0.05) is 41.7 Å². The SMILES string of the molecule is C=C(C)c1cccn2cc(-c3ccc(C[C@@H](CCO)NC(=O)c4ccc(OC(C)C)c(C#N)c4)cc3)nc12. The quantitative estimate of drug-likeness (QED) is 0.298. The highest BCUT2D eigenvalue weighted by atomic mass is 16.5. The molecule has 0 spiro atoms. The van der Waals surface area contributed by atoms with Crippen molar-refractivity contribution in [3.8, 4) is 23.1 Å². The molecule has 2 aromatic heterocycles. The van der Waals surface area contributed by atoms with Crippen molar-refractivity contribution < 1.29 is 14.6 Å². The van der Waals surface area contributed by atoms with Crippen LogP contribution in [0, 0.1) is 11.3 Å². The van der Waals surface area contributed by atoms with Crippen molar-refractivity contribution in [2.45, 2.75) is 45.8 Å². The molecule has 7 heteroatoms. The average molecular weight is 509 g/mol. The van der Waals surface area contributed by atoms with Crippen LogP contribution in [0.15, 0.2) is 73.6 Å². The third-order valence-corrected chi connectivity index (χ3v) is 6.21. The number of benzene rings is 2. The van der Waals surface area contributed by atoms with E-state index in [4.69, 9.17) is 9.72 Å². The number of rotatable bonds is 10. The summed E-state index contributed by atoms with van der Waals surface area (Å²) in [7, 11) is 0. The van der Waals surface area contributed by atoms with Crippen LogP contribution in [0.4, 0.5) is 0 Å². The maximum absolute atomic E-state index is 13.0. The zero-order chi connectivity index (χ0) is 27.2. The molecule has 0 unspecified atom stereocenters. The topological polar surface area (TPSA) is 99.6 Å². The lowest BCUT2D eigenvalue weighted by Gasteiger charge is -2.19. The van der Waals surface area contributed by atoms with Gasteiger partial charge in [0.15, 0.2) is 0 Å². The minimum atomic E-state index is -0.300. The molecule has 0 radical (unpaired) electrons. The van der Waals surface area contributed by atoms with Gasteiger partial charge in [-0.3, -0.25) is 4.79 Å². The zero-order valence-corrected chi connectivity index (χ0v) is 21.9. The van der Waals surface area contributed by atoms with E-state index in [1.165, 1.54) is 6.07 Å². The number of hydrogen-bond donors (Lipinski definition) is 2. The third-order valence-electron chi connectivity index (χ3n) is 6.21. The van der Waals surface area contributed by atoms with Crippen molar-refractivity contribution in [2.24, 2.45) is 0 Å². The minimum absolute atomic E-state index is 0.0556. The highest BCUT2D eigenvalue weighted by Gasteiger charge is 2.17. The standard InChI is InChI=1S/C31H32N4O3/c1-20(2)27-6-5-14-35-19-28(34-30(27)35)23-9-7-22(8-10-23)16-26(13-15-36)33-31(37)24-11-12-29(38-21(3)4)25(17-24)18-32/h5-12,14,17,19,21,26,36H,1,13,15-16H2,2-4H3,(H,33,37)/t26-/m1/s1. The molecule has 0 saturated heterocycles. The summed E-state index contributed by atoms with van der Waals surface area (Å²) >= 11 is 0. The van der Waals surface area contributed by atoms with Crippen LogP contribution in [-0.2, 0) is 6.42 Å². The molecule has 0 aliphatic carbocycles. The lowest BCUT2D eigenvalue weighted by molar-refractivity contribution is 0.0930. The highest BCUT2D eigenvalue weighted by molar-refractivity contribution is 5.95. The number of allylic oxidation sites excluding steroid dienone is 1. The van der Waals surface area contributed by atoms with Crippen molar-refractivity contribution in [3.05, 3.63) is 95.8 Å². The number of fused-ring (bicyclic) bond motifs is 1. The maximum Gasteiger partial charge on any atom is 0.251 e. The second-order valence-corrected chi connectivity index (χ2v) is 9.63. The molecule has 0 bridgehead atoms. The Hall–Kier alpha value is -4.41. The Labute approximate surface area is 223 Å². The number of hydrogen-bond acceptors (Lipinski definition) is 5. The monoisotopic (exact) mass is 508 g/mol. The van der Waals surface area contributed by atoms with E-state index in [9.17, 15) is 15.2 Å². The number of aromatic nitrogens is 2. The van der Waals surface area contributed by atoms with Crippen LogP contribution < -0.4 is 10.1 Å². The summed E-state index contributed by atoms with van der Waals surface area (Å²) in [6, 6.07) is 18.7. The zero-order valence-electron chi connectivity index (χ0n) is 21.9. The predicted molar refractivity (Wildman–Crippen MR) is 149 cm³/mol. The molecule has 1 atom stereocenters. The van der Waals surface area contributed by atoms with E-state index in [2.05, 4.69) is 18.0 Å². The predicted octanol–water partition coefficient (Wildman–Crippen LogP) is 5.42. The van der Waals surface area contributed by atoms with Crippen LogP contribution in [0.2, 0.25) is 0 Å². The Kier molecular flexibility index (Phi) is 8.25. The number of ether oxygens (including phenoxy) is 1. The summed E-state index contributed by atoms with van der Waals surface area (Å²) in [6.45, 7) is 9.73. The summed E-state index contributed by atoms with van der Waals surface area (Å²) in [5.74, 6) is 0.151. The van der Waals surface area contributed by atoms with Gasteiger partial charge in [-0.2, -0.15) is 5.26 Å². The van der Waals surface area contributed by atoms with Gasteiger partial charge in [-0.1, -0.05) is 30.8 Å². The van der Waals surface area contributed by atoms with E-state index in [1.54, 1.807) is 12.1 Å². The van der Waals surface area contributed by atoms with E-state index in [1.807, 2.05) is 74.0 Å². The fourth-order valence-corrected chi connectivity index (χ4v) is 4.35. The first-order chi connectivity index (χ1) is 18.3. The Balaban J connectivity index is 1.48. The molecular formula is C31H32N4O3. The van der Waals surface area contributed by atoms with Gasteiger partial charge in [0.2, 0.25) is 0 Å². The first-order valence-electron chi connectivity index (χ1n) is 12.6. The molecule has 2 heterocycles.